The number of aryl methyl sites for hydroxylation is 1. The molecule has 1 atom stereocenters. The van der Waals surface area contributed by atoms with E-state index >= 15 is 0 Å². The Morgan fingerprint density at radius 1 is 1.33 bits per heavy atom. The molecule has 0 fully saturated rings. The zero-order chi connectivity index (χ0) is 15.2. The molecular weight excluding hydrogens is 304 g/mol. The first-order chi connectivity index (χ1) is 10.1. The molecule has 2 rings (SSSR count). The topological polar surface area (TPSA) is 42.0 Å². The second kappa shape index (κ2) is 7.48. The van der Waals surface area contributed by atoms with Crippen molar-refractivity contribution in [3.05, 3.63) is 58.7 Å². The lowest BCUT2D eigenvalue weighted by molar-refractivity contribution is -0.115. The number of carbonyl (C=O) groups is 1. The normalized spacial score (nSPS) is 12.0. The van der Waals surface area contributed by atoms with Crippen LogP contribution in [0.1, 0.15) is 18.1 Å². The number of anilines is 1. The van der Waals surface area contributed by atoms with Gasteiger partial charge in [-0.1, -0.05) is 35.9 Å². The predicted molar refractivity (Wildman–Crippen MR) is 89.8 cm³/mol. The van der Waals surface area contributed by atoms with Crippen LogP contribution in [0.2, 0.25) is 5.02 Å². The van der Waals surface area contributed by atoms with E-state index in [4.69, 9.17) is 11.6 Å². The van der Waals surface area contributed by atoms with Gasteiger partial charge in [-0.05, 0) is 37.1 Å². The Kier molecular flexibility index (Phi) is 5.65. The quantitative estimate of drug-likeness (QED) is 0.893. The number of hydrogen-bond acceptors (Lipinski definition) is 3. The maximum Gasteiger partial charge on any atom is 0.238 e. The van der Waals surface area contributed by atoms with Crippen LogP contribution in [0, 0.1) is 6.92 Å². The lowest BCUT2D eigenvalue weighted by Crippen LogP contribution is -2.23. The van der Waals surface area contributed by atoms with Gasteiger partial charge in [0.15, 0.2) is 0 Å². The summed E-state index contributed by atoms with van der Waals surface area (Å²) in [4.78, 5) is 16.2. The minimum absolute atomic E-state index is 0.0524. The highest BCUT2D eigenvalue weighted by Gasteiger charge is 2.14. The molecule has 3 nitrogen and oxygen atoms in total. The van der Waals surface area contributed by atoms with Gasteiger partial charge < -0.3 is 5.32 Å². The van der Waals surface area contributed by atoms with Gasteiger partial charge >= 0.3 is 0 Å². The van der Waals surface area contributed by atoms with Crippen LogP contribution in [0.4, 0.5) is 5.82 Å². The molecule has 0 aliphatic carbocycles. The van der Waals surface area contributed by atoms with E-state index in [1.165, 1.54) is 17.3 Å². The molecule has 1 aromatic carbocycles. The van der Waals surface area contributed by atoms with Crippen molar-refractivity contribution < 1.29 is 4.79 Å². The summed E-state index contributed by atoms with van der Waals surface area (Å²) in [5.74, 6) is 1.28. The molecule has 2 aromatic rings. The molecular formula is C16H17ClN2OS. The van der Waals surface area contributed by atoms with Crippen molar-refractivity contribution in [3.8, 4) is 0 Å². The molecule has 110 valence electrons. The number of nitrogens with one attached hydrogen (secondary N) is 1. The van der Waals surface area contributed by atoms with Gasteiger partial charge in [0, 0.05) is 11.9 Å². The molecule has 0 bridgehead atoms. The lowest BCUT2D eigenvalue weighted by atomic mass is 10.1. The third kappa shape index (κ3) is 4.76. The molecule has 1 heterocycles. The lowest BCUT2D eigenvalue weighted by Gasteiger charge is -2.12. The van der Waals surface area contributed by atoms with E-state index in [-0.39, 0.29) is 11.2 Å². The molecule has 1 aromatic heterocycles. The highest BCUT2D eigenvalue weighted by atomic mass is 35.5. The number of rotatable bonds is 5. The third-order valence-electron chi connectivity index (χ3n) is 3.10. The van der Waals surface area contributed by atoms with Crippen LogP contribution in [-0.4, -0.2) is 16.1 Å². The van der Waals surface area contributed by atoms with Crippen LogP contribution in [0.15, 0.2) is 42.6 Å². The van der Waals surface area contributed by atoms with Gasteiger partial charge in [-0.3, -0.25) is 4.79 Å². The summed E-state index contributed by atoms with van der Waals surface area (Å²) in [7, 11) is 0. The van der Waals surface area contributed by atoms with Crippen LogP contribution < -0.4 is 5.32 Å². The average molecular weight is 321 g/mol. The predicted octanol–water partition coefficient (Wildman–Crippen LogP) is 4.30. The van der Waals surface area contributed by atoms with Crippen LogP contribution in [0.25, 0.3) is 0 Å². The summed E-state index contributed by atoms with van der Waals surface area (Å²) in [6.45, 7) is 3.98. The first-order valence-corrected chi connectivity index (χ1v) is 8.07. The van der Waals surface area contributed by atoms with Gasteiger partial charge in [-0.25, -0.2) is 4.98 Å². The van der Waals surface area contributed by atoms with E-state index in [0.717, 1.165) is 5.75 Å². The van der Waals surface area contributed by atoms with Crippen molar-refractivity contribution in [1.29, 1.82) is 0 Å². The Bertz CT molecular complexity index is 616. The van der Waals surface area contributed by atoms with Gasteiger partial charge in [0.05, 0.1) is 10.3 Å². The van der Waals surface area contributed by atoms with E-state index in [0.29, 0.717) is 10.8 Å². The third-order valence-corrected chi connectivity index (χ3v) is 4.51. The largest absolute Gasteiger partial charge is 0.310 e. The Hall–Kier alpha value is -1.52. The summed E-state index contributed by atoms with van der Waals surface area (Å²) in [5, 5.41) is 3.19. The number of carbonyl (C=O) groups excluding carboxylic acids is 1. The number of amides is 1. The number of nitrogens with zero attached hydrogens (tertiary/aromatic N) is 1. The smallest absolute Gasteiger partial charge is 0.238 e. The molecule has 21 heavy (non-hydrogen) atoms. The van der Waals surface area contributed by atoms with Gasteiger partial charge in [0.2, 0.25) is 5.91 Å². The fourth-order valence-corrected chi connectivity index (χ4v) is 2.82. The molecule has 0 unspecified atom stereocenters. The van der Waals surface area contributed by atoms with Crippen molar-refractivity contribution in [1.82, 2.24) is 4.98 Å². The zero-order valence-corrected chi connectivity index (χ0v) is 13.5. The maximum atomic E-state index is 12.1. The van der Waals surface area contributed by atoms with Gasteiger partial charge in [0.25, 0.3) is 0 Å². The van der Waals surface area contributed by atoms with E-state index in [1.54, 1.807) is 23.9 Å². The zero-order valence-electron chi connectivity index (χ0n) is 12.0. The number of hydrogen-bond donors (Lipinski definition) is 1. The number of aromatic nitrogens is 1. The SMILES string of the molecule is Cc1ccccc1CS[C@@H](C)C(=O)Nc1ccc(Cl)cn1. The summed E-state index contributed by atoms with van der Waals surface area (Å²) < 4.78 is 0. The highest BCUT2D eigenvalue weighted by Crippen LogP contribution is 2.21. The molecule has 5 heteroatoms. The van der Waals surface area contributed by atoms with Gasteiger partial charge in [-0.2, -0.15) is 0 Å². The molecule has 0 saturated carbocycles. The van der Waals surface area contributed by atoms with Crippen LogP contribution in [0.3, 0.4) is 0 Å². The van der Waals surface area contributed by atoms with E-state index in [2.05, 4.69) is 29.4 Å². The van der Waals surface area contributed by atoms with Crippen molar-refractivity contribution in [2.45, 2.75) is 24.9 Å². The van der Waals surface area contributed by atoms with E-state index in [1.807, 2.05) is 19.1 Å². The maximum absolute atomic E-state index is 12.1. The summed E-state index contributed by atoms with van der Waals surface area (Å²) >= 11 is 7.37. The number of thioether (sulfide) groups is 1. The molecule has 0 radical (unpaired) electrons. The van der Waals surface area contributed by atoms with Crippen molar-refractivity contribution in [2.75, 3.05) is 5.32 Å². The Morgan fingerprint density at radius 3 is 2.76 bits per heavy atom. The molecule has 0 spiro atoms. The van der Waals surface area contributed by atoms with Crippen LogP contribution >= 0.6 is 23.4 Å². The first-order valence-electron chi connectivity index (χ1n) is 6.65. The summed E-state index contributed by atoms with van der Waals surface area (Å²) in [6, 6.07) is 11.6. The average Bonchev–Trinajstić information content (AvgIpc) is 2.48. The molecule has 0 aliphatic rings. The van der Waals surface area contributed by atoms with Crippen molar-refractivity contribution in [2.24, 2.45) is 0 Å². The second-order valence-corrected chi connectivity index (χ2v) is 6.50. The van der Waals surface area contributed by atoms with E-state index in [9.17, 15) is 4.79 Å². The molecule has 1 N–H and O–H groups in total. The minimum atomic E-state index is -0.151. The molecule has 0 saturated heterocycles. The van der Waals surface area contributed by atoms with E-state index < -0.39 is 0 Å². The molecule has 0 aliphatic heterocycles. The highest BCUT2D eigenvalue weighted by molar-refractivity contribution is 7.99. The van der Waals surface area contributed by atoms with Crippen LogP contribution in [-0.2, 0) is 10.5 Å². The fourth-order valence-electron chi connectivity index (χ4n) is 1.74. The van der Waals surface area contributed by atoms with Gasteiger partial charge in [0.1, 0.15) is 5.82 Å². The summed E-state index contributed by atoms with van der Waals surface area (Å²) in [5.41, 5.74) is 2.50. The minimum Gasteiger partial charge on any atom is -0.310 e. The number of pyridine rings is 1. The Balaban J connectivity index is 1.88. The van der Waals surface area contributed by atoms with Gasteiger partial charge in [-0.15, -0.1) is 11.8 Å². The molecule has 1 amide bonds. The van der Waals surface area contributed by atoms with Crippen molar-refractivity contribution >= 4 is 35.1 Å². The number of benzene rings is 1. The Labute approximate surface area is 134 Å². The fraction of sp³-hybridized carbons (Fsp3) is 0.250. The van der Waals surface area contributed by atoms with Crippen LogP contribution in [0.5, 0.6) is 0 Å². The second-order valence-electron chi connectivity index (χ2n) is 4.73. The summed E-state index contributed by atoms with van der Waals surface area (Å²) in [6.07, 6.45) is 1.52. The Morgan fingerprint density at radius 2 is 2.10 bits per heavy atom. The standard InChI is InChI=1S/C16H17ClN2OS/c1-11-5-3-4-6-13(11)10-21-12(2)16(20)19-15-8-7-14(17)9-18-15/h3-9,12H,10H2,1-2H3,(H,18,19,20)/t12-/m0/s1. The monoisotopic (exact) mass is 320 g/mol. The number of halogens is 1. The van der Waals surface area contributed by atoms with Crippen molar-refractivity contribution in [3.63, 3.8) is 0 Å². The first kappa shape index (κ1) is 15.9.